The van der Waals surface area contributed by atoms with E-state index in [0.717, 1.165) is 42.9 Å². The molecule has 6 nitrogen and oxygen atoms in total. The van der Waals surface area contributed by atoms with Crippen LogP contribution in [-0.2, 0) is 0 Å². The first-order chi connectivity index (χ1) is 12.2. The average molecular weight is 361 g/mol. The zero-order valence-electron chi connectivity index (χ0n) is 14.8. The van der Waals surface area contributed by atoms with Crippen molar-refractivity contribution in [1.29, 1.82) is 0 Å². The number of benzene rings is 1. The Bertz CT molecular complexity index is 710. The van der Waals surface area contributed by atoms with Crippen LogP contribution in [0, 0.1) is 0 Å². The van der Waals surface area contributed by atoms with Gasteiger partial charge < -0.3 is 23.7 Å². The number of ether oxygens (including phenoxy) is 2. The van der Waals surface area contributed by atoms with Crippen molar-refractivity contribution in [2.45, 2.75) is 0 Å². The molecule has 134 valence electrons. The molecule has 0 spiro atoms. The molecular weight excluding hydrogens is 338 g/mol. The molecule has 1 aliphatic heterocycles. The molecule has 0 atom stereocenters. The maximum absolute atomic E-state index is 5.48. The molecule has 2 aromatic rings. The van der Waals surface area contributed by atoms with Crippen molar-refractivity contribution >= 4 is 28.5 Å². The number of rotatable bonds is 4. The fourth-order valence-electron chi connectivity index (χ4n) is 2.82. The number of methoxy groups -OCH3 is 2. The molecule has 1 aromatic carbocycles. The summed E-state index contributed by atoms with van der Waals surface area (Å²) in [5.41, 5.74) is 0.857. The van der Waals surface area contributed by atoms with Crippen LogP contribution in [0.3, 0.4) is 0 Å². The van der Waals surface area contributed by atoms with Crippen LogP contribution < -0.4 is 14.4 Å². The Morgan fingerprint density at radius 1 is 1.08 bits per heavy atom. The Kier molecular flexibility index (Phi) is 5.75. The summed E-state index contributed by atoms with van der Waals surface area (Å²) in [4.78, 5) is 9.36. The molecule has 0 unspecified atom stereocenters. The van der Waals surface area contributed by atoms with E-state index < -0.39 is 0 Å². The molecule has 2 heterocycles. The molecule has 0 amide bonds. The van der Waals surface area contributed by atoms with Crippen LogP contribution in [0.2, 0.25) is 0 Å². The van der Waals surface area contributed by atoms with Gasteiger partial charge >= 0.3 is 0 Å². The van der Waals surface area contributed by atoms with E-state index in [9.17, 15) is 0 Å². The van der Waals surface area contributed by atoms with Crippen molar-refractivity contribution in [1.82, 2.24) is 4.90 Å². The summed E-state index contributed by atoms with van der Waals surface area (Å²) in [6.07, 6.45) is 3.77. The molecule has 1 aromatic heterocycles. The van der Waals surface area contributed by atoms with Crippen molar-refractivity contribution in [3.63, 3.8) is 0 Å². The van der Waals surface area contributed by atoms with Gasteiger partial charge in [-0.3, -0.25) is 0 Å². The molecule has 1 aliphatic rings. The number of piperazine rings is 1. The third-order valence-electron chi connectivity index (χ3n) is 4.14. The van der Waals surface area contributed by atoms with Crippen LogP contribution in [0.4, 0.5) is 11.6 Å². The summed E-state index contributed by atoms with van der Waals surface area (Å²) in [5, 5.41) is 1.01. The number of hydrogen-bond acceptors (Lipinski definition) is 6. The third-order valence-corrected chi connectivity index (χ3v) is 4.86. The molecule has 3 rings (SSSR count). The summed E-state index contributed by atoms with van der Waals surface area (Å²) >= 11 is 1.66. The molecule has 0 radical (unpaired) electrons. The second kappa shape index (κ2) is 8.20. The first-order valence-corrected chi connectivity index (χ1v) is 9.35. The summed E-state index contributed by atoms with van der Waals surface area (Å²) < 4.78 is 16.1. The lowest BCUT2D eigenvalue weighted by Gasteiger charge is -2.35. The highest BCUT2D eigenvalue weighted by Gasteiger charge is 2.21. The van der Waals surface area contributed by atoms with Crippen LogP contribution in [0.25, 0.3) is 0 Å². The third kappa shape index (κ3) is 4.04. The molecule has 0 aliphatic carbocycles. The number of furan rings is 1. The minimum absolute atomic E-state index is 0.687. The largest absolute Gasteiger partial charge is 0.493 e. The van der Waals surface area contributed by atoms with E-state index in [2.05, 4.69) is 16.1 Å². The molecule has 25 heavy (non-hydrogen) atoms. The van der Waals surface area contributed by atoms with E-state index in [-0.39, 0.29) is 0 Å². The Morgan fingerprint density at radius 2 is 1.84 bits per heavy atom. The minimum Gasteiger partial charge on any atom is -0.493 e. The average Bonchev–Trinajstić information content (AvgIpc) is 3.21. The first-order valence-electron chi connectivity index (χ1n) is 8.13. The van der Waals surface area contributed by atoms with Gasteiger partial charge in [0.15, 0.2) is 22.6 Å². The monoisotopic (exact) mass is 361 g/mol. The standard InChI is InChI=1S/C18H23N3O3S/c1-22-15-7-6-14(13-16(15)23-2)19-18(25-3)21-10-8-20(9-11-21)17-5-4-12-24-17/h4-7,12-13H,8-11H2,1-3H3. The zero-order valence-corrected chi connectivity index (χ0v) is 15.6. The topological polar surface area (TPSA) is 50.4 Å². The van der Waals surface area contributed by atoms with Crippen LogP contribution in [0.1, 0.15) is 0 Å². The molecule has 1 fully saturated rings. The summed E-state index contributed by atoms with van der Waals surface area (Å²) in [6.45, 7) is 3.65. The summed E-state index contributed by atoms with van der Waals surface area (Å²) in [5.74, 6) is 2.33. The number of amidine groups is 1. The van der Waals surface area contributed by atoms with E-state index in [4.69, 9.17) is 18.9 Å². The van der Waals surface area contributed by atoms with Gasteiger partial charge in [0.1, 0.15) is 0 Å². The second-order valence-corrected chi connectivity index (χ2v) is 6.34. The van der Waals surface area contributed by atoms with Gasteiger partial charge in [-0.1, -0.05) is 11.8 Å². The van der Waals surface area contributed by atoms with Crippen LogP contribution in [-0.4, -0.2) is 56.7 Å². The Hall–Kier alpha value is -2.28. The zero-order chi connectivity index (χ0) is 17.6. The number of hydrogen-bond donors (Lipinski definition) is 0. The Labute approximate surface area is 152 Å². The van der Waals surface area contributed by atoms with Crippen LogP contribution >= 0.6 is 11.8 Å². The second-order valence-electron chi connectivity index (χ2n) is 5.56. The van der Waals surface area contributed by atoms with Crippen molar-refractivity contribution in [3.05, 3.63) is 36.6 Å². The minimum atomic E-state index is 0.687. The van der Waals surface area contributed by atoms with Crippen molar-refractivity contribution < 1.29 is 13.9 Å². The summed E-state index contributed by atoms with van der Waals surface area (Å²) in [7, 11) is 3.27. The van der Waals surface area contributed by atoms with Crippen molar-refractivity contribution in [2.75, 3.05) is 51.6 Å². The maximum atomic E-state index is 5.48. The van der Waals surface area contributed by atoms with Gasteiger partial charge in [0, 0.05) is 38.3 Å². The van der Waals surface area contributed by atoms with Crippen LogP contribution in [0.15, 0.2) is 46.0 Å². The lowest BCUT2D eigenvalue weighted by Crippen LogP contribution is -2.48. The normalized spacial score (nSPS) is 15.4. The Morgan fingerprint density at radius 3 is 2.44 bits per heavy atom. The highest BCUT2D eigenvalue weighted by molar-refractivity contribution is 8.13. The molecule has 7 heteroatoms. The van der Waals surface area contributed by atoms with E-state index >= 15 is 0 Å². The van der Waals surface area contributed by atoms with E-state index in [1.54, 1.807) is 32.2 Å². The van der Waals surface area contributed by atoms with Crippen molar-refractivity contribution in [3.8, 4) is 11.5 Å². The molecule has 0 saturated carbocycles. The number of anilines is 1. The fraction of sp³-hybridized carbons (Fsp3) is 0.389. The number of nitrogens with zero attached hydrogens (tertiary/aromatic N) is 3. The van der Waals surface area contributed by atoms with Gasteiger partial charge in [0.05, 0.1) is 26.2 Å². The molecular formula is C18H23N3O3S. The molecule has 0 N–H and O–H groups in total. The lowest BCUT2D eigenvalue weighted by atomic mass is 10.3. The van der Waals surface area contributed by atoms with Gasteiger partial charge in [-0.15, -0.1) is 0 Å². The molecule has 1 saturated heterocycles. The van der Waals surface area contributed by atoms with E-state index in [1.165, 1.54) is 0 Å². The van der Waals surface area contributed by atoms with E-state index in [0.29, 0.717) is 11.5 Å². The smallest absolute Gasteiger partial charge is 0.195 e. The summed E-state index contributed by atoms with van der Waals surface area (Å²) in [6, 6.07) is 9.64. The highest BCUT2D eigenvalue weighted by Crippen LogP contribution is 2.31. The van der Waals surface area contributed by atoms with Gasteiger partial charge in [0.2, 0.25) is 0 Å². The lowest BCUT2D eigenvalue weighted by molar-refractivity contribution is 0.355. The van der Waals surface area contributed by atoms with Gasteiger partial charge in [-0.05, 0) is 24.5 Å². The van der Waals surface area contributed by atoms with Crippen molar-refractivity contribution in [2.24, 2.45) is 4.99 Å². The van der Waals surface area contributed by atoms with Gasteiger partial charge in [-0.2, -0.15) is 0 Å². The van der Waals surface area contributed by atoms with E-state index in [1.807, 2.05) is 30.3 Å². The number of aliphatic imine (C=N–C) groups is 1. The first kappa shape index (κ1) is 17.5. The number of thioether (sulfide) groups is 1. The van der Waals surface area contributed by atoms with Gasteiger partial charge in [0.25, 0.3) is 0 Å². The highest BCUT2D eigenvalue weighted by atomic mass is 32.2. The SMILES string of the molecule is COc1ccc(N=C(SC)N2CCN(c3ccco3)CC2)cc1OC. The quantitative estimate of drug-likeness (QED) is 0.614. The Balaban J connectivity index is 1.71. The predicted molar refractivity (Wildman–Crippen MR) is 103 cm³/mol. The predicted octanol–water partition coefficient (Wildman–Crippen LogP) is 3.47. The molecule has 0 bridgehead atoms. The fourth-order valence-corrected chi connectivity index (χ4v) is 3.46. The van der Waals surface area contributed by atoms with Crippen LogP contribution in [0.5, 0.6) is 11.5 Å². The maximum Gasteiger partial charge on any atom is 0.195 e. The van der Waals surface area contributed by atoms with Gasteiger partial charge in [-0.25, -0.2) is 4.99 Å².